The van der Waals surface area contributed by atoms with Crippen molar-refractivity contribution in [2.24, 2.45) is 5.92 Å². The summed E-state index contributed by atoms with van der Waals surface area (Å²) in [4.78, 5) is 28.4. The van der Waals surface area contributed by atoms with Crippen LogP contribution in [0.5, 0.6) is 17.2 Å². The standard InChI is InChI=1S/C28H29FN2O5/c1-34-22-11-9-21(10-12-22)31-26(32)15-13-23(28(33)30-17-18-4-7-20(29)8-5-18)27(31)19-6-14-24(35-2)25(16-19)36-3/h4-12,14,16,23,27H,13,15,17H2,1-3H3,(H,30,33)/t23-,27-/m1/s1. The first-order valence-corrected chi connectivity index (χ1v) is 11.7. The van der Waals surface area contributed by atoms with E-state index in [1.54, 1.807) is 62.6 Å². The summed E-state index contributed by atoms with van der Waals surface area (Å²) >= 11 is 0. The second-order valence-corrected chi connectivity index (χ2v) is 8.51. The number of rotatable bonds is 8. The van der Waals surface area contributed by atoms with E-state index in [0.717, 1.165) is 11.1 Å². The van der Waals surface area contributed by atoms with E-state index in [2.05, 4.69) is 5.32 Å². The van der Waals surface area contributed by atoms with Gasteiger partial charge in [0.05, 0.1) is 33.3 Å². The van der Waals surface area contributed by atoms with Crippen molar-refractivity contribution in [1.82, 2.24) is 5.32 Å². The number of hydrogen-bond acceptors (Lipinski definition) is 5. The lowest BCUT2D eigenvalue weighted by atomic mass is 9.83. The van der Waals surface area contributed by atoms with Crippen molar-refractivity contribution in [2.45, 2.75) is 25.4 Å². The summed E-state index contributed by atoms with van der Waals surface area (Å²) in [7, 11) is 4.67. The Labute approximate surface area is 209 Å². The maximum Gasteiger partial charge on any atom is 0.227 e. The molecule has 0 saturated carbocycles. The second-order valence-electron chi connectivity index (χ2n) is 8.51. The van der Waals surface area contributed by atoms with E-state index < -0.39 is 12.0 Å². The third-order valence-corrected chi connectivity index (χ3v) is 6.41. The van der Waals surface area contributed by atoms with Crippen LogP contribution in [0.4, 0.5) is 10.1 Å². The number of piperidine rings is 1. The number of carbonyl (C=O) groups is 2. The van der Waals surface area contributed by atoms with Crippen LogP contribution in [0.2, 0.25) is 0 Å². The Hall–Kier alpha value is -4.07. The third-order valence-electron chi connectivity index (χ3n) is 6.41. The molecule has 1 fully saturated rings. The average Bonchev–Trinajstić information content (AvgIpc) is 2.92. The first kappa shape index (κ1) is 25.0. The van der Waals surface area contributed by atoms with Crippen LogP contribution in [-0.2, 0) is 16.1 Å². The number of ether oxygens (including phenoxy) is 3. The highest BCUT2D eigenvalue weighted by Crippen LogP contribution is 2.42. The third kappa shape index (κ3) is 5.27. The normalized spacial score (nSPS) is 17.4. The first-order valence-electron chi connectivity index (χ1n) is 11.7. The fourth-order valence-corrected chi connectivity index (χ4v) is 4.55. The molecule has 4 rings (SSSR count). The van der Waals surface area contributed by atoms with Crippen LogP contribution in [0.3, 0.4) is 0 Å². The van der Waals surface area contributed by atoms with Crippen LogP contribution in [0.25, 0.3) is 0 Å². The molecule has 1 N–H and O–H groups in total. The lowest BCUT2D eigenvalue weighted by molar-refractivity contribution is -0.129. The van der Waals surface area contributed by atoms with Gasteiger partial charge in [0.1, 0.15) is 11.6 Å². The van der Waals surface area contributed by atoms with Crippen LogP contribution >= 0.6 is 0 Å². The van der Waals surface area contributed by atoms with Gasteiger partial charge in [0.2, 0.25) is 11.8 Å². The summed E-state index contributed by atoms with van der Waals surface area (Å²) in [5.41, 5.74) is 2.20. The lowest BCUT2D eigenvalue weighted by Gasteiger charge is -2.41. The molecule has 0 aromatic heterocycles. The molecule has 0 unspecified atom stereocenters. The molecule has 0 spiro atoms. The zero-order chi connectivity index (χ0) is 25.7. The largest absolute Gasteiger partial charge is 0.497 e. The van der Waals surface area contributed by atoms with Crippen LogP contribution < -0.4 is 24.4 Å². The van der Waals surface area contributed by atoms with Gasteiger partial charge in [-0.15, -0.1) is 0 Å². The van der Waals surface area contributed by atoms with Crippen molar-refractivity contribution in [3.05, 3.63) is 83.7 Å². The predicted octanol–water partition coefficient (Wildman–Crippen LogP) is 4.65. The minimum absolute atomic E-state index is 0.0810. The molecule has 3 aromatic carbocycles. The number of methoxy groups -OCH3 is 3. The molecule has 1 saturated heterocycles. The molecule has 8 heteroatoms. The molecule has 1 heterocycles. The van der Waals surface area contributed by atoms with Crippen molar-refractivity contribution >= 4 is 17.5 Å². The lowest BCUT2D eigenvalue weighted by Crippen LogP contribution is -2.48. The Morgan fingerprint density at radius 2 is 1.64 bits per heavy atom. The van der Waals surface area contributed by atoms with E-state index in [9.17, 15) is 14.0 Å². The zero-order valence-corrected chi connectivity index (χ0v) is 20.5. The Kier molecular flexibility index (Phi) is 7.73. The van der Waals surface area contributed by atoms with Crippen molar-refractivity contribution in [1.29, 1.82) is 0 Å². The van der Waals surface area contributed by atoms with Crippen LogP contribution in [-0.4, -0.2) is 33.1 Å². The number of nitrogens with zero attached hydrogens (tertiary/aromatic N) is 1. The summed E-state index contributed by atoms with van der Waals surface area (Å²) in [5, 5.41) is 2.97. The van der Waals surface area contributed by atoms with E-state index >= 15 is 0 Å². The van der Waals surface area contributed by atoms with E-state index in [-0.39, 0.29) is 30.6 Å². The van der Waals surface area contributed by atoms with Gasteiger partial charge in [-0.05, 0) is 66.1 Å². The molecule has 1 aliphatic heterocycles. The van der Waals surface area contributed by atoms with E-state index in [1.165, 1.54) is 12.1 Å². The van der Waals surface area contributed by atoms with Gasteiger partial charge >= 0.3 is 0 Å². The van der Waals surface area contributed by atoms with Crippen molar-refractivity contribution < 1.29 is 28.2 Å². The Balaban J connectivity index is 1.71. The summed E-state index contributed by atoms with van der Waals surface area (Å²) < 4.78 is 29.4. The van der Waals surface area contributed by atoms with Gasteiger partial charge < -0.3 is 24.4 Å². The molecular weight excluding hydrogens is 463 g/mol. The predicted molar refractivity (Wildman–Crippen MR) is 134 cm³/mol. The Morgan fingerprint density at radius 3 is 2.28 bits per heavy atom. The molecule has 7 nitrogen and oxygen atoms in total. The molecule has 1 aliphatic rings. The summed E-state index contributed by atoms with van der Waals surface area (Å²) in [5.74, 6) is 0.597. The van der Waals surface area contributed by atoms with E-state index in [0.29, 0.717) is 29.4 Å². The van der Waals surface area contributed by atoms with Crippen molar-refractivity contribution in [2.75, 3.05) is 26.2 Å². The van der Waals surface area contributed by atoms with Crippen LogP contribution in [0.15, 0.2) is 66.7 Å². The molecule has 188 valence electrons. The molecule has 3 aromatic rings. The summed E-state index contributed by atoms with van der Waals surface area (Å²) in [6.45, 7) is 0.255. The maximum absolute atomic E-state index is 13.5. The van der Waals surface area contributed by atoms with Gasteiger partial charge in [0, 0.05) is 18.7 Å². The van der Waals surface area contributed by atoms with Gasteiger partial charge in [-0.25, -0.2) is 4.39 Å². The highest BCUT2D eigenvalue weighted by atomic mass is 19.1. The number of benzene rings is 3. The highest BCUT2D eigenvalue weighted by molar-refractivity contribution is 5.97. The quantitative estimate of drug-likeness (QED) is 0.495. The number of carbonyl (C=O) groups excluding carboxylic acids is 2. The summed E-state index contributed by atoms with van der Waals surface area (Å²) in [6, 6.07) is 18.0. The van der Waals surface area contributed by atoms with E-state index in [1.807, 2.05) is 18.2 Å². The molecule has 0 radical (unpaired) electrons. The second kappa shape index (κ2) is 11.1. The minimum Gasteiger partial charge on any atom is -0.497 e. The summed E-state index contributed by atoms with van der Waals surface area (Å²) in [6.07, 6.45) is 0.615. The topological polar surface area (TPSA) is 77.1 Å². The maximum atomic E-state index is 13.5. The minimum atomic E-state index is -0.576. The fourth-order valence-electron chi connectivity index (χ4n) is 4.55. The van der Waals surface area contributed by atoms with Gasteiger partial charge in [-0.3, -0.25) is 9.59 Å². The fraction of sp³-hybridized carbons (Fsp3) is 0.286. The molecule has 0 bridgehead atoms. The zero-order valence-electron chi connectivity index (χ0n) is 20.5. The first-order chi connectivity index (χ1) is 17.4. The molecule has 2 atom stereocenters. The van der Waals surface area contributed by atoms with Crippen molar-refractivity contribution in [3.63, 3.8) is 0 Å². The number of anilines is 1. The molecule has 0 aliphatic carbocycles. The number of halogens is 1. The number of nitrogens with one attached hydrogen (secondary N) is 1. The van der Waals surface area contributed by atoms with Crippen molar-refractivity contribution in [3.8, 4) is 17.2 Å². The van der Waals surface area contributed by atoms with Gasteiger partial charge in [0.25, 0.3) is 0 Å². The number of amides is 2. The molecule has 2 amide bonds. The number of hydrogen-bond donors (Lipinski definition) is 1. The Morgan fingerprint density at radius 1 is 0.944 bits per heavy atom. The van der Waals surface area contributed by atoms with Crippen LogP contribution in [0, 0.1) is 11.7 Å². The monoisotopic (exact) mass is 492 g/mol. The Bertz CT molecular complexity index is 1210. The van der Waals surface area contributed by atoms with E-state index in [4.69, 9.17) is 14.2 Å². The van der Waals surface area contributed by atoms with Gasteiger partial charge in [0.15, 0.2) is 11.5 Å². The molecule has 36 heavy (non-hydrogen) atoms. The SMILES string of the molecule is COc1ccc(N2C(=O)CC[C@@H](C(=O)NCc3ccc(F)cc3)[C@H]2c2ccc(OC)c(OC)c2)cc1. The van der Waals surface area contributed by atoms with Gasteiger partial charge in [-0.1, -0.05) is 18.2 Å². The average molecular weight is 493 g/mol. The highest BCUT2D eigenvalue weighted by Gasteiger charge is 2.41. The smallest absolute Gasteiger partial charge is 0.227 e. The van der Waals surface area contributed by atoms with Crippen LogP contribution in [0.1, 0.15) is 30.0 Å². The molecular formula is C28H29FN2O5. The van der Waals surface area contributed by atoms with Gasteiger partial charge in [-0.2, -0.15) is 0 Å².